The van der Waals surface area contributed by atoms with Crippen molar-refractivity contribution in [3.8, 4) is 5.75 Å². The summed E-state index contributed by atoms with van der Waals surface area (Å²) in [5.41, 5.74) is 6.90. The molecule has 1 aromatic carbocycles. The monoisotopic (exact) mass is 323 g/mol. The maximum atomic E-state index is 11.0. The zero-order chi connectivity index (χ0) is 18.6. The van der Waals surface area contributed by atoms with Gasteiger partial charge in [-0.05, 0) is 29.4 Å². The molecule has 0 bridgehead atoms. The predicted octanol–water partition coefficient (Wildman–Crippen LogP) is 3.22. The summed E-state index contributed by atoms with van der Waals surface area (Å²) in [5, 5.41) is 17.9. The van der Waals surface area contributed by atoms with Gasteiger partial charge in [-0.1, -0.05) is 47.6 Å². The van der Waals surface area contributed by atoms with E-state index in [1.165, 1.54) is 6.92 Å². The lowest BCUT2D eigenvalue weighted by Gasteiger charge is -2.26. The second-order valence-electron chi connectivity index (χ2n) is 7.71. The molecule has 5 nitrogen and oxygen atoms in total. The van der Waals surface area contributed by atoms with Gasteiger partial charge in [0.05, 0.1) is 5.56 Å². The molecule has 4 N–H and O–H groups in total. The molecule has 0 aliphatic rings. The molecular formula is C18H29NO4. The zero-order valence-electron chi connectivity index (χ0n) is 15.1. The van der Waals surface area contributed by atoms with E-state index in [0.29, 0.717) is 5.56 Å². The first-order chi connectivity index (χ1) is 10.2. The fourth-order valence-corrected chi connectivity index (χ4v) is 1.75. The molecule has 0 aliphatic heterocycles. The summed E-state index contributed by atoms with van der Waals surface area (Å²) in [4.78, 5) is 20.6. The number of hydrogen-bond donors (Lipinski definition) is 3. The Kier molecular flexibility index (Phi) is 6.97. The third-order valence-electron chi connectivity index (χ3n) is 3.33. The third kappa shape index (κ3) is 6.40. The molecule has 0 fully saturated rings. The number of phenolic OH excluding ortho intramolecular Hbond substituents is 1. The zero-order valence-corrected chi connectivity index (χ0v) is 15.1. The predicted molar refractivity (Wildman–Crippen MR) is 92.2 cm³/mol. The molecule has 0 radical (unpaired) electrons. The molecule has 0 amide bonds. The fourth-order valence-electron chi connectivity index (χ4n) is 1.75. The number of aromatic hydroxyl groups is 1. The van der Waals surface area contributed by atoms with Crippen molar-refractivity contribution in [2.75, 3.05) is 0 Å². The standard InChI is InChI=1S/C15H22O2.C3H7NO2/c1-14(2,3)11-7-10(9-16)13(17)12(8-11)15(4,5)6;1-2(4)3(5)6/h7-9,17H,1-6H3;2H,4H2,1H3,(H,5,6). The highest BCUT2D eigenvalue weighted by Crippen LogP contribution is 2.36. The van der Waals surface area contributed by atoms with Gasteiger partial charge in [0, 0.05) is 5.56 Å². The van der Waals surface area contributed by atoms with Gasteiger partial charge in [-0.3, -0.25) is 9.59 Å². The number of benzene rings is 1. The Morgan fingerprint density at radius 1 is 1.13 bits per heavy atom. The normalized spacial score (nSPS) is 12.9. The van der Waals surface area contributed by atoms with Crippen molar-refractivity contribution in [1.29, 1.82) is 0 Å². The number of hydrogen-bond acceptors (Lipinski definition) is 4. The Morgan fingerprint density at radius 3 is 1.83 bits per heavy atom. The summed E-state index contributed by atoms with van der Waals surface area (Å²) in [6.45, 7) is 13.8. The topological polar surface area (TPSA) is 101 Å². The second kappa shape index (κ2) is 7.59. The second-order valence-corrected chi connectivity index (χ2v) is 7.71. The number of aldehydes is 1. The van der Waals surface area contributed by atoms with Crippen molar-refractivity contribution in [2.45, 2.75) is 65.3 Å². The van der Waals surface area contributed by atoms with E-state index in [9.17, 15) is 14.7 Å². The summed E-state index contributed by atoms with van der Waals surface area (Å²) >= 11 is 0. The molecule has 1 unspecified atom stereocenters. The largest absolute Gasteiger partial charge is 0.507 e. The summed E-state index contributed by atoms with van der Waals surface area (Å²) in [6.07, 6.45) is 0.722. The van der Waals surface area contributed by atoms with Gasteiger partial charge in [0.15, 0.2) is 6.29 Å². The quantitative estimate of drug-likeness (QED) is 0.725. The Labute approximate surface area is 138 Å². The molecule has 0 spiro atoms. The van der Waals surface area contributed by atoms with Gasteiger partial charge in [-0.2, -0.15) is 0 Å². The first-order valence-electron chi connectivity index (χ1n) is 7.53. The molecule has 0 saturated carbocycles. The van der Waals surface area contributed by atoms with E-state index in [1.54, 1.807) is 6.07 Å². The lowest BCUT2D eigenvalue weighted by atomic mass is 9.79. The maximum Gasteiger partial charge on any atom is 0.320 e. The number of aliphatic carboxylic acids is 1. The van der Waals surface area contributed by atoms with Crippen molar-refractivity contribution >= 4 is 12.3 Å². The van der Waals surface area contributed by atoms with Crippen molar-refractivity contribution in [2.24, 2.45) is 5.73 Å². The first-order valence-corrected chi connectivity index (χ1v) is 7.53. The first kappa shape index (κ1) is 21.1. The van der Waals surface area contributed by atoms with Crippen LogP contribution < -0.4 is 5.73 Å². The minimum Gasteiger partial charge on any atom is -0.507 e. The third-order valence-corrected chi connectivity index (χ3v) is 3.33. The number of carboxylic acids is 1. The lowest BCUT2D eigenvalue weighted by Crippen LogP contribution is -2.25. The molecule has 0 aromatic heterocycles. The van der Waals surface area contributed by atoms with Gasteiger partial charge in [0.1, 0.15) is 11.8 Å². The molecule has 1 atom stereocenters. The van der Waals surface area contributed by atoms with Gasteiger partial charge in [-0.25, -0.2) is 0 Å². The number of rotatable bonds is 2. The number of phenols is 1. The van der Waals surface area contributed by atoms with E-state index in [4.69, 9.17) is 10.8 Å². The Morgan fingerprint density at radius 2 is 1.57 bits per heavy atom. The molecule has 5 heteroatoms. The molecule has 1 aromatic rings. The molecular weight excluding hydrogens is 294 g/mol. The van der Waals surface area contributed by atoms with Gasteiger partial charge < -0.3 is 15.9 Å². The van der Waals surface area contributed by atoms with Crippen molar-refractivity contribution < 1.29 is 19.8 Å². The lowest BCUT2D eigenvalue weighted by molar-refractivity contribution is -0.138. The van der Waals surface area contributed by atoms with E-state index < -0.39 is 12.0 Å². The molecule has 0 saturated heterocycles. The van der Waals surface area contributed by atoms with Crippen LogP contribution in [0.2, 0.25) is 0 Å². The minimum atomic E-state index is -0.963. The molecule has 0 heterocycles. The van der Waals surface area contributed by atoms with Gasteiger partial charge in [0.25, 0.3) is 0 Å². The molecule has 23 heavy (non-hydrogen) atoms. The highest BCUT2D eigenvalue weighted by atomic mass is 16.4. The summed E-state index contributed by atoms with van der Waals surface area (Å²) in [5.74, 6) is -0.851. The summed E-state index contributed by atoms with van der Waals surface area (Å²) < 4.78 is 0. The smallest absolute Gasteiger partial charge is 0.320 e. The van der Waals surface area contributed by atoms with Gasteiger partial charge >= 0.3 is 5.97 Å². The van der Waals surface area contributed by atoms with Crippen molar-refractivity contribution in [1.82, 2.24) is 0 Å². The van der Waals surface area contributed by atoms with E-state index >= 15 is 0 Å². The van der Waals surface area contributed by atoms with Crippen LogP contribution in [0.3, 0.4) is 0 Å². The van der Waals surface area contributed by atoms with Crippen LogP contribution in [0.15, 0.2) is 12.1 Å². The van der Waals surface area contributed by atoms with Crippen LogP contribution in [0.4, 0.5) is 0 Å². The van der Waals surface area contributed by atoms with Crippen LogP contribution in [0, 0.1) is 0 Å². The minimum absolute atomic E-state index is 0.0362. The van der Waals surface area contributed by atoms with E-state index in [-0.39, 0.29) is 16.6 Å². The molecule has 130 valence electrons. The van der Waals surface area contributed by atoms with Crippen LogP contribution in [-0.4, -0.2) is 28.5 Å². The van der Waals surface area contributed by atoms with E-state index in [1.807, 2.05) is 26.8 Å². The highest BCUT2D eigenvalue weighted by Gasteiger charge is 2.24. The van der Waals surface area contributed by atoms with E-state index in [0.717, 1.165) is 17.4 Å². The van der Waals surface area contributed by atoms with Gasteiger partial charge in [0.2, 0.25) is 0 Å². The number of nitrogens with two attached hydrogens (primary N) is 1. The highest BCUT2D eigenvalue weighted by molar-refractivity contribution is 5.81. The average molecular weight is 323 g/mol. The average Bonchev–Trinajstić information content (AvgIpc) is 2.36. The van der Waals surface area contributed by atoms with Crippen molar-refractivity contribution in [3.05, 3.63) is 28.8 Å². The number of carbonyl (C=O) groups excluding carboxylic acids is 1. The van der Waals surface area contributed by atoms with Crippen LogP contribution >= 0.6 is 0 Å². The summed E-state index contributed by atoms with van der Waals surface area (Å²) in [7, 11) is 0. The van der Waals surface area contributed by atoms with Crippen molar-refractivity contribution in [3.63, 3.8) is 0 Å². The van der Waals surface area contributed by atoms with E-state index in [2.05, 4.69) is 20.8 Å². The molecule has 1 rings (SSSR count). The Hall–Kier alpha value is -1.88. The Bertz CT molecular complexity index is 564. The summed E-state index contributed by atoms with van der Waals surface area (Å²) in [6, 6.07) is 3.05. The van der Waals surface area contributed by atoms with Crippen LogP contribution in [0.25, 0.3) is 0 Å². The SMILES string of the molecule is CC(C)(C)c1cc(C=O)c(O)c(C(C)(C)C)c1.CC(N)C(=O)O. The Balaban J connectivity index is 0.000000688. The van der Waals surface area contributed by atoms with Crippen LogP contribution in [0.5, 0.6) is 5.75 Å². The van der Waals surface area contributed by atoms with Crippen LogP contribution in [-0.2, 0) is 15.6 Å². The number of carbonyl (C=O) groups is 2. The van der Waals surface area contributed by atoms with Gasteiger partial charge in [-0.15, -0.1) is 0 Å². The molecule has 0 aliphatic carbocycles. The van der Waals surface area contributed by atoms with Crippen LogP contribution in [0.1, 0.15) is 70.0 Å². The number of carboxylic acid groups (broad SMARTS) is 1. The maximum absolute atomic E-state index is 11.0. The fraction of sp³-hybridized carbons (Fsp3) is 0.556.